The lowest BCUT2D eigenvalue weighted by molar-refractivity contribution is -0.137. The Balaban J connectivity index is 2.50. The summed E-state index contributed by atoms with van der Waals surface area (Å²) in [4.78, 5) is 10.5. The summed E-state index contributed by atoms with van der Waals surface area (Å²) in [6, 6.07) is 0. The smallest absolute Gasteiger partial charge is 0.303 e. The zero-order valence-corrected chi connectivity index (χ0v) is 15.9. The molecular formula is C21H34O5. The molecule has 0 saturated heterocycles. The number of aliphatic hydroxyl groups is 3. The van der Waals surface area contributed by atoms with Crippen molar-refractivity contribution in [2.24, 2.45) is 11.8 Å². The zero-order chi connectivity index (χ0) is 19.5. The largest absolute Gasteiger partial charge is 0.481 e. The van der Waals surface area contributed by atoms with Crippen LogP contribution in [0.1, 0.15) is 58.8 Å². The van der Waals surface area contributed by atoms with Gasteiger partial charge in [-0.2, -0.15) is 0 Å². The van der Waals surface area contributed by atoms with Crippen molar-refractivity contribution in [2.45, 2.75) is 77.1 Å². The molecule has 1 rings (SSSR count). The fourth-order valence-corrected chi connectivity index (χ4v) is 3.34. The number of aliphatic hydroxyl groups excluding tert-OH is 3. The lowest BCUT2D eigenvalue weighted by Gasteiger charge is -2.19. The van der Waals surface area contributed by atoms with E-state index < -0.39 is 24.3 Å². The molecule has 0 aromatic carbocycles. The van der Waals surface area contributed by atoms with Gasteiger partial charge in [-0.25, -0.2) is 0 Å². The molecule has 0 bridgehead atoms. The van der Waals surface area contributed by atoms with E-state index in [1.807, 2.05) is 32.1 Å². The van der Waals surface area contributed by atoms with Gasteiger partial charge in [0.1, 0.15) is 0 Å². The molecule has 1 aliphatic rings. The maximum absolute atomic E-state index is 10.5. The lowest BCUT2D eigenvalue weighted by atomic mass is 9.89. The van der Waals surface area contributed by atoms with Crippen molar-refractivity contribution in [2.75, 3.05) is 0 Å². The fourth-order valence-electron chi connectivity index (χ4n) is 3.34. The second kappa shape index (κ2) is 12.0. The Morgan fingerprint density at radius 3 is 2.54 bits per heavy atom. The lowest BCUT2D eigenvalue weighted by Crippen LogP contribution is -2.20. The zero-order valence-electron chi connectivity index (χ0n) is 15.9. The van der Waals surface area contributed by atoms with Crippen LogP contribution in [0.2, 0.25) is 0 Å². The maximum atomic E-state index is 10.5. The molecule has 26 heavy (non-hydrogen) atoms. The van der Waals surface area contributed by atoms with E-state index in [0.717, 1.165) is 6.42 Å². The minimum Gasteiger partial charge on any atom is -0.481 e. The van der Waals surface area contributed by atoms with Gasteiger partial charge in [0.15, 0.2) is 0 Å². The van der Waals surface area contributed by atoms with Crippen molar-refractivity contribution in [3.8, 4) is 0 Å². The van der Waals surface area contributed by atoms with Gasteiger partial charge >= 0.3 is 5.97 Å². The summed E-state index contributed by atoms with van der Waals surface area (Å²) in [5, 5.41) is 39.1. The summed E-state index contributed by atoms with van der Waals surface area (Å²) in [5.41, 5.74) is 1.23. The number of allylic oxidation sites excluding steroid dienone is 4. The predicted molar refractivity (Wildman–Crippen MR) is 103 cm³/mol. The third-order valence-electron chi connectivity index (χ3n) is 4.82. The minimum atomic E-state index is -0.791. The maximum Gasteiger partial charge on any atom is 0.303 e. The van der Waals surface area contributed by atoms with E-state index in [0.29, 0.717) is 32.1 Å². The van der Waals surface area contributed by atoms with Crippen LogP contribution in [0.15, 0.2) is 36.0 Å². The third kappa shape index (κ3) is 8.79. The highest BCUT2D eigenvalue weighted by Gasteiger charge is 2.39. The van der Waals surface area contributed by atoms with Gasteiger partial charge in [0.2, 0.25) is 0 Å². The number of aliphatic carboxylic acids is 1. The highest BCUT2D eigenvalue weighted by Crippen LogP contribution is 2.36. The van der Waals surface area contributed by atoms with Gasteiger partial charge in [-0.05, 0) is 51.9 Å². The Morgan fingerprint density at radius 1 is 1.15 bits per heavy atom. The molecule has 5 atom stereocenters. The van der Waals surface area contributed by atoms with Crippen LogP contribution in [0, 0.1) is 11.8 Å². The number of rotatable bonds is 11. The molecule has 0 aromatic rings. The summed E-state index contributed by atoms with van der Waals surface area (Å²) in [7, 11) is 0. The summed E-state index contributed by atoms with van der Waals surface area (Å²) in [5.74, 6) is -1.05. The molecule has 0 unspecified atom stereocenters. The van der Waals surface area contributed by atoms with Crippen molar-refractivity contribution < 1.29 is 25.2 Å². The van der Waals surface area contributed by atoms with E-state index >= 15 is 0 Å². The van der Waals surface area contributed by atoms with Crippen molar-refractivity contribution in [1.29, 1.82) is 0 Å². The predicted octanol–water partition coefficient (Wildman–Crippen LogP) is 3.21. The monoisotopic (exact) mass is 366 g/mol. The molecule has 5 nitrogen and oxygen atoms in total. The first-order valence-corrected chi connectivity index (χ1v) is 9.54. The van der Waals surface area contributed by atoms with Gasteiger partial charge in [-0.3, -0.25) is 4.79 Å². The number of carbonyl (C=O) groups is 1. The van der Waals surface area contributed by atoms with Gasteiger partial charge in [0.25, 0.3) is 0 Å². The molecule has 5 heteroatoms. The van der Waals surface area contributed by atoms with Crippen LogP contribution in [0.25, 0.3) is 0 Å². The second-order valence-electron chi connectivity index (χ2n) is 7.42. The van der Waals surface area contributed by atoms with Crippen LogP contribution in [-0.2, 0) is 4.79 Å². The summed E-state index contributed by atoms with van der Waals surface area (Å²) < 4.78 is 0. The van der Waals surface area contributed by atoms with Crippen molar-refractivity contribution in [1.82, 2.24) is 0 Å². The van der Waals surface area contributed by atoms with Gasteiger partial charge in [0.05, 0.1) is 18.3 Å². The number of hydrogen-bond acceptors (Lipinski definition) is 4. The average molecular weight is 366 g/mol. The fraction of sp³-hybridized carbons (Fsp3) is 0.667. The molecule has 0 spiro atoms. The molecule has 0 heterocycles. The van der Waals surface area contributed by atoms with E-state index in [9.17, 15) is 20.1 Å². The van der Waals surface area contributed by atoms with Crippen LogP contribution in [0.3, 0.4) is 0 Å². The average Bonchev–Trinajstić information content (AvgIpc) is 2.81. The SMILES string of the molecule is CC(C)=CCC[C@@H](O)C=C[C@@H]1[C@@H](CC=CCCCC(=O)O)[C@@H](O)C[C@H]1O. The van der Waals surface area contributed by atoms with E-state index in [2.05, 4.69) is 6.08 Å². The molecule has 1 aliphatic carbocycles. The van der Waals surface area contributed by atoms with Gasteiger partial charge in [0, 0.05) is 18.8 Å². The Hall–Kier alpha value is -1.43. The number of carboxylic acid groups (broad SMARTS) is 1. The molecule has 148 valence electrons. The Labute approximate surface area is 156 Å². The molecule has 4 N–H and O–H groups in total. The first-order chi connectivity index (χ1) is 12.3. The van der Waals surface area contributed by atoms with Gasteiger partial charge in [-0.1, -0.05) is 36.0 Å². The van der Waals surface area contributed by atoms with Crippen LogP contribution >= 0.6 is 0 Å². The summed E-state index contributed by atoms with van der Waals surface area (Å²) in [6.45, 7) is 4.05. The number of unbranched alkanes of at least 4 members (excludes halogenated alkanes) is 1. The minimum absolute atomic E-state index is 0.0815. The van der Waals surface area contributed by atoms with Crippen LogP contribution in [-0.4, -0.2) is 44.7 Å². The Kier molecular flexibility index (Phi) is 10.5. The van der Waals surface area contributed by atoms with Crippen LogP contribution in [0.5, 0.6) is 0 Å². The van der Waals surface area contributed by atoms with E-state index in [1.165, 1.54) is 5.57 Å². The quantitative estimate of drug-likeness (QED) is 0.332. The van der Waals surface area contributed by atoms with Crippen LogP contribution in [0.4, 0.5) is 0 Å². The molecule has 0 radical (unpaired) electrons. The standard InChI is InChI=1S/C21H34O5/c1-15(2)8-7-9-16(22)12-13-18-17(19(23)14-20(18)24)10-5-3-4-6-11-21(25)26/h3,5,8,12-13,16-20,22-24H,4,6-7,9-11,14H2,1-2H3,(H,25,26)/t16-,17-,18-,19+,20-/m1/s1. The number of carboxylic acids is 1. The van der Waals surface area contributed by atoms with Gasteiger partial charge in [-0.15, -0.1) is 0 Å². The van der Waals surface area contributed by atoms with Crippen molar-refractivity contribution in [3.63, 3.8) is 0 Å². The summed E-state index contributed by atoms with van der Waals surface area (Å²) in [6.07, 6.45) is 11.7. The Bertz CT molecular complexity index is 505. The van der Waals surface area contributed by atoms with Crippen molar-refractivity contribution >= 4 is 5.97 Å². The summed E-state index contributed by atoms with van der Waals surface area (Å²) >= 11 is 0. The normalized spacial score (nSPS) is 27.3. The number of hydrogen-bond donors (Lipinski definition) is 4. The molecule has 0 aromatic heterocycles. The highest BCUT2D eigenvalue weighted by atomic mass is 16.4. The van der Waals surface area contributed by atoms with Crippen molar-refractivity contribution in [3.05, 3.63) is 36.0 Å². The molecular weight excluding hydrogens is 332 g/mol. The van der Waals surface area contributed by atoms with Crippen LogP contribution < -0.4 is 0 Å². The van der Waals surface area contributed by atoms with Gasteiger partial charge < -0.3 is 20.4 Å². The molecule has 1 fully saturated rings. The van der Waals surface area contributed by atoms with E-state index in [1.54, 1.807) is 6.08 Å². The first-order valence-electron chi connectivity index (χ1n) is 9.54. The Morgan fingerprint density at radius 2 is 1.88 bits per heavy atom. The third-order valence-corrected chi connectivity index (χ3v) is 4.82. The van der Waals surface area contributed by atoms with E-state index in [-0.39, 0.29) is 18.3 Å². The molecule has 0 amide bonds. The first kappa shape index (κ1) is 22.6. The molecule has 0 aliphatic heterocycles. The topological polar surface area (TPSA) is 98.0 Å². The second-order valence-corrected chi connectivity index (χ2v) is 7.42. The highest BCUT2D eigenvalue weighted by molar-refractivity contribution is 5.66. The van der Waals surface area contributed by atoms with E-state index in [4.69, 9.17) is 5.11 Å². The molecule has 1 saturated carbocycles.